The molecule has 78 valence electrons. The summed E-state index contributed by atoms with van der Waals surface area (Å²) in [6.45, 7) is 4.23. The Morgan fingerprint density at radius 3 is 2.40 bits per heavy atom. The molecule has 0 amide bonds. The lowest BCUT2D eigenvalue weighted by molar-refractivity contribution is 0.804. The van der Waals surface area contributed by atoms with Gasteiger partial charge in [-0.15, -0.1) is 0 Å². The molecule has 5 heteroatoms. The molecule has 4 nitrogen and oxygen atoms in total. The van der Waals surface area contributed by atoms with Gasteiger partial charge in [0.1, 0.15) is 0 Å². The highest BCUT2D eigenvalue weighted by Crippen LogP contribution is 2.14. The fourth-order valence-electron chi connectivity index (χ4n) is 1.17. The molecular weight excluding hydrogens is 212 g/mol. The van der Waals surface area contributed by atoms with Crippen molar-refractivity contribution in [3.63, 3.8) is 0 Å². The van der Waals surface area contributed by atoms with E-state index in [4.69, 9.17) is 11.6 Å². The summed E-state index contributed by atoms with van der Waals surface area (Å²) >= 11 is 5.70. The first-order chi connectivity index (χ1) is 7.16. The van der Waals surface area contributed by atoms with Crippen LogP contribution in [-0.4, -0.2) is 19.7 Å². The standard InChI is InChI=1S/C10H11ClN4/c1-7(2)8-3-14-15(6-8)10-12-4-9(11)5-13-10/h3-7H,1-2H3. The summed E-state index contributed by atoms with van der Waals surface area (Å²) in [7, 11) is 0. The molecule has 0 saturated heterocycles. The van der Waals surface area contributed by atoms with Gasteiger partial charge in [0.2, 0.25) is 0 Å². The third kappa shape index (κ3) is 2.15. The van der Waals surface area contributed by atoms with Gasteiger partial charge in [-0.1, -0.05) is 25.4 Å². The molecule has 2 aromatic heterocycles. The van der Waals surface area contributed by atoms with Crippen molar-refractivity contribution in [2.45, 2.75) is 19.8 Å². The monoisotopic (exact) mass is 222 g/mol. The van der Waals surface area contributed by atoms with Crippen molar-refractivity contribution in [2.75, 3.05) is 0 Å². The maximum Gasteiger partial charge on any atom is 0.250 e. The van der Waals surface area contributed by atoms with Crippen molar-refractivity contribution in [3.8, 4) is 5.95 Å². The van der Waals surface area contributed by atoms with Gasteiger partial charge in [0.15, 0.2) is 0 Å². The van der Waals surface area contributed by atoms with Crippen molar-refractivity contribution >= 4 is 11.6 Å². The molecule has 15 heavy (non-hydrogen) atoms. The lowest BCUT2D eigenvalue weighted by Gasteiger charge is -1.99. The van der Waals surface area contributed by atoms with E-state index in [0.29, 0.717) is 16.9 Å². The highest BCUT2D eigenvalue weighted by atomic mass is 35.5. The van der Waals surface area contributed by atoms with Crippen LogP contribution in [0.4, 0.5) is 0 Å². The number of nitrogens with zero attached hydrogens (tertiary/aromatic N) is 4. The van der Waals surface area contributed by atoms with E-state index in [2.05, 4.69) is 28.9 Å². The van der Waals surface area contributed by atoms with Gasteiger partial charge in [-0.25, -0.2) is 14.6 Å². The molecule has 0 radical (unpaired) electrons. The summed E-state index contributed by atoms with van der Waals surface area (Å²) < 4.78 is 1.64. The van der Waals surface area contributed by atoms with Gasteiger partial charge >= 0.3 is 0 Å². The fourth-order valence-corrected chi connectivity index (χ4v) is 1.27. The van der Waals surface area contributed by atoms with Crippen LogP contribution in [0.15, 0.2) is 24.8 Å². The second-order valence-electron chi connectivity index (χ2n) is 3.57. The van der Waals surface area contributed by atoms with Crippen LogP contribution in [0.25, 0.3) is 5.95 Å². The Balaban J connectivity index is 2.33. The van der Waals surface area contributed by atoms with Crippen LogP contribution in [-0.2, 0) is 0 Å². The first-order valence-electron chi connectivity index (χ1n) is 4.69. The zero-order valence-corrected chi connectivity index (χ0v) is 9.31. The van der Waals surface area contributed by atoms with Gasteiger partial charge in [-0.05, 0) is 11.5 Å². The topological polar surface area (TPSA) is 43.6 Å². The molecule has 0 spiro atoms. The van der Waals surface area contributed by atoms with Crippen molar-refractivity contribution in [3.05, 3.63) is 35.4 Å². The fraction of sp³-hybridized carbons (Fsp3) is 0.300. The second kappa shape index (κ2) is 3.98. The average Bonchev–Trinajstić information content (AvgIpc) is 2.68. The van der Waals surface area contributed by atoms with Gasteiger partial charge in [0, 0.05) is 6.20 Å². The largest absolute Gasteiger partial charge is 0.250 e. The maximum atomic E-state index is 5.70. The summed E-state index contributed by atoms with van der Waals surface area (Å²) in [6, 6.07) is 0. The first kappa shape index (κ1) is 10.1. The van der Waals surface area contributed by atoms with Crippen LogP contribution in [0.5, 0.6) is 0 Å². The Labute approximate surface area is 92.9 Å². The molecule has 0 unspecified atom stereocenters. The average molecular weight is 223 g/mol. The summed E-state index contributed by atoms with van der Waals surface area (Å²) in [4.78, 5) is 8.16. The lowest BCUT2D eigenvalue weighted by Crippen LogP contribution is -2.00. The molecule has 0 atom stereocenters. The van der Waals surface area contributed by atoms with E-state index in [1.54, 1.807) is 17.1 Å². The summed E-state index contributed by atoms with van der Waals surface area (Å²) in [5, 5.41) is 4.71. The minimum atomic E-state index is 0.450. The molecule has 0 fully saturated rings. The van der Waals surface area contributed by atoms with Crippen LogP contribution in [0.3, 0.4) is 0 Å². The van der Waals surface area contributed by atoms with E-state index in [0.717, 1.165) is 5.56 Å². The van der Waals surface area contributed by atoms with Crippen LogP contribution < -0.4 is 0 Å². The zero-order chi connectivity index (χ0) is 10.8. The summed E-state index contributed by atoms with van der Waals surface area (Å²) in [6.07, 6.45) is 6.86. The Bertz CT molecular complexity index is 447. The molecule has 0 N–H and O–H groups in total. The minimum Gasteiger partial charge on any atom is -0.218 e. The van der Waals surface area contributed by atoms with E-state index in [1.165, 1.54) is 0 Å². The molecule has 0 aliphatic heterocycles. The molecule has 0 bridgehead atoms. The third-order valence-corrected chi connectivity index (χ3v) is 2.28. The smallest absolute Gasteiger partial charge is 0.218 e. The molecule has 2 aromatic rings. The molecule has 0 aliphatic rings. The van der Waals surface area contributed by atoms with E-state index >= 15 is 0 Å². The SMILES string of the molecule is CC(C)c1cnn(-c2ncc(Cl)cn2)c1. The molecule has 2 rings (SSSR count). The predicted octanol–water partition coefficient (Wildman–Crippen LogP) is 2.44. The zero-order valence-electron chi connectivity index (χ0n) is 8.55. The Morgan fingerprint density at radius 1 is 1.20 bits per heavy atom. The number of hydrogen-bond donors (Lipinski definition) is 0. The van der Waals surface area contributed by atoms with Crippen molar-refractivity contribution < 1.29 is 0 Å². The van der Waals surface area contributed by atoms with Crippen LogP contribution in [0, 0.1) is 0 Å². The second-order valence-corrected chi connectivity index (χ2v) is 4.01. The van der Waals surface area contributed by atoms with Gasteiger partial charge in [-0.3, -0.25) is 0 Å². The Hall–Kier alpha value is -1.42. The highest BCUT2D eigenvalue weighted by Gasteiger charge is 2.05. The van der Waals surface area contributed by atoms with E-state index in [9.17, 15) is 0 Å². The van der Waals surface area contributed by atoms with E-state index in [1.807, 2.05) is 12.4 Å². The minimum absolute atomic E-state index is 0.450. The van der Waals surface area contributed by atoms with Gasteiger partial charge in [-0.2, -0.15) is 5.10 Å². The molecule has 0 aromatic carbocycles. The molecular formula is C10H11ClN4. The maximum absolute atomic E-state index is 5.70. The number of rotatable bonds is 2. The molecule has 2 heterocycles. The van der Waals surface area contributed by atoms with Gasteiger partial charge in [0.25, 0.3) is 5.95 Å². The third-order valence-electron chi connectivity index (χ3n) is 2.08. The first-order valence-corrected chi connectivity index (χ1v) is 5.07. The number of halogens is 1. The number of hydrogen-bond acceptors (Lipinski definition) is 3. The van der Waals surface area contributed by atoms with Crippen molar-refractivity contribution in [1.29, 1.82) is 0 Å². The molecule has 0 aliphatic carbocycles. The lowest BCUT2D eigenvalue weighted by atomic mass is 10.1. The van der Waals surface area contributed by atoms with Crippen molar-refractivity contribution in [1.82, 2.24) is 19.7 Å². The Morgan fingerprint density at radius 2 is 1.87 bits per heavy atom. The molecule has 0 saturated carbocycles. The number of aromatic nitrogens is 4. The summed E-state index contributed by atoms with van der Waals surface area (Å²) in [5.41, 5.74) is 1.16. The van der Waals surface area contributed by atoms with E-state index in [-0.39, 0.29) is 0 Å². The normalized spacial score (nSPS) is 10.9. The van der Waals surface area contributed by atoms with Gasteiger partial charge in [0.05, 0.1) is 23.6 Å². The van der Waals surface area contributed by atoms with Crippen molar-refractivity contribution in [2.24, 2.45) is 0 Å². The van der Waals surface area contributed by atoms with E-state index < -0.39 is 0 Å². The quantitative estimate of drug-likeness (QED) is 0.784. The summed E-state index contributed by atoms with van der Waals surface area (Å²) in [5.74, 6) is 0.984. The van der Waals surface area contributed by atoms with Crippen LogP contribution in [0.1, 0.15) is 25.3 Å². The highest BCUT2D eigenvalue weighted by molar-refractivity contribution is 6.30. The van der Waals surface area contributed by atoms with Gasteiger partial charge < -0.3 is 0 Å². The Kier molecular flexibility index (Phi) is 2.68. The van der Waals surface area contributed by atoms with Crippen LogP contribution >= 0.6 is 11.6 Å². The predicted molar refractivity (Wildman–Crippen MR) is 58.3 cm³/mol. The van der Waals surface area contributed by atoms with Crippen LogP contribution in [0.2, 0.25) is 5.02 Å².